The standard InChI is InChI=1S/C16H26BrN3O2/c1-16(2,3)22-15(21)20-11-6-4-5-10-19-14-12(17)8-7-9-13(14)18/h7-9,19H,4-6,10-11,18H2,1-3H3,(H,20,21). The summed E-state index contributed by atoms with van der Waals surface area (Å²) in [6, 6.07) is 5.74. The molecule has 0 aromatic heterocycles. The number of unbranched alkanes of at least 4 members (excludes halogenated alkanes) is 2. The van der Waals surface area contributed by atoms with Crippen LogP contribution in [0, 0.1) is 0 Å². The summed E-state index contributed by atoms with van der Waals surface area (Å²) >= 11 is 3.48. The molecule has 22 heavy (non-hydrogen) atoms. The minimum atomic E-state index is -0.447. The van der Waals surface area contributed by atoms with Gasteiger partial charge < -0.3 is 21.1 Å². The van der Waals surface area contributed by atoms with Crippen LogP contribution in [-0.2, 0) is 4.74 Å². The van der Waals surface area contributed by atoms with Crippen LogP contribution in [0.3, 0.4) is 0 Å². The molecule has 124 valence electrons. The number of rotatable bonds is 7. The van der Waals surface area contributed by atoms with Crippen molar-refractivity contribution in [3.8, 4) is 0 Å². The summed E-state index contributed by atoms with van der Waals surface area (Å²) in [5.74, 6) is 0. The lowest BCUT2D eigenvalue weighted by atomic mass is 10.2. The Balaban J connectivity index is 2.10. The Morgan fingerprint density at radius 3 is 2.55 bits per heavy atom. The highest BCUT2D eigenvalue weighted by molar-refractivity contribution is 9.10. The smallest absolute Gasteiger partial charge is 0.407 e. The number of amides is 1. The SMILES string of the molecule is CC(C)(C)OC(=O)NCCCCCNc1c(N)cccc1Br. The van der Waals surface area contributed by atoms with Crippen LogP contribution >= 0.6 is 15.9 Å². The zero-order valence-corrected chi connectivity index (χ0v) is 15.1. The average molecular weight is 372 g/mol. The van der Waals surface area contributed by atoms with E-state index in [1.54, 1.807) is 0 Å². The number of alkyl carbamates (subject to hydrolysis) is 1. The molecule has 0 aliphatic rings. The number of nitrogens with one attached hydrogen (secondary N) is 2. The fourth-order valence-electron chi connectivity index (χ4n) is 1.87. The number of nitrogens with two attached hydrogens (primary N) is 1. The molecule has 1 amide bonds. The summed E-state index contributed by atoms with van der Waals surface area (Å²) in [7, 11) is 0. The summed E-state index contributed by atoms with van der Waals surface area (Å²) in [5.41, 5.74) is 7.14. The van der Waals surface area contributed by atoms with Gasteiger partial charge >= 0.3 is 6.09 Å². The van der Waals surface area contributed by atoms with Gasteiger partial charge in [0.15, 0.2) is 0 Å². The van der Waals surface area contributed by atoms with Gasteiger partial charge in [0, 0.05) is 17.6 Å². The van der Waals surface area contributed by atoms with E-state index in [0.29, 0.717) is 6.54 Å². The maximum atomic E-state index is 11.4. The van der Waals surface area contributed by atoms with Crippen LogP contribution in [-0.4, -0.2) is 24.8 Å². The second-order valence-electron chi connectivity index (χ2n) is 6.12. The summed E-state index contributed by atoms with van der Waals surface area (Å²) < 4.78 is 6.14. The molecule has 0 radical (unpaired) electrons. The molecule has 0 atom stereocenters. The number of anilines is 2. The van der Waals surface area contributed by atoms with Crippen molar-refractivity contribution in [2.75, 3.05) is 24.1 Å². The van der Waals surface area contributed by atoms with E-state index in [4.69, 9.17) is 10.5 Å². The van der Waals surface area contributed by atoms with Crippen LogP contribution in [0.4, 0.5) is 16.2 Å². The topological polar surface area (TPSA) is 76.4 Å². The number of carbonyl (C=O) groups is 1. The van der Waals surface area contributed by atoms with Crippen molar-refractivity contribution in [1.29, 1.82) is 0 Å². The van der Waals surface area contributed by atoms with E-state index in [9.17, 15) is 4.79 Å². The molecule has 5 nitrogen and oxygen atoms in total. The molecule has 1 aromatic carbocycles. The van der Waals surface area contributed by atoms with Gasteiger partial charge in [-0.1, -0.05) is 6.07 Å². The minimum absolute atomic E-state index is 0.355. The van der Waals surface area contributed by atoms with E-state index in [-0.39, 0.29) is 6.09 Å². The van der Waals surface area contributed by atoms with Gasteiger partial charge in [0.05, 0.1) is 11.4 Å². The third-order valence-corrected chi connectivity index (χ3v) is 3.53. The van der Waals surface area contributed by atoms with E-state index in [0.717, 1.165) is 41.7 Å². The highest BCUT2D eigenvalue weighted by Crippen LogP contribution is 2.28. The number of hydrogen-bond donors (Lipinski definition) is 3. The molecule has 0 saturated carbocycles. The fourth-order valence-corrected chi connectivity index (χ4v) is 2.39. The Bertz CT molecular complexity index is 467. The van der Waals surface area contributed by atoms with E-state index in [2.05, 4.69) is 26.6 Å². The van der Waals surface area contributed by atoms with E-state index < -0.39 is 5.60 Å². The van der Waals surface area contributed by atoms with Gasteiger partial charge in [-0.2, -0.15) is 0 Å². The number of carbonyl (C=O) groups excluding carboxylic acids is 1. The first-order valence-electron chi connectivity index (χ1n) is 7.54. The predicted octanol–water partition coefficient (Wildman–Crippen LogP) is 4.14. The highest BCUT2D eigenvalue weighted by Gasteiger charge is 2.15. The molecule has 0 fully saturated rings. The molecular formula is C16H26BrN3O2. The van der Waals surface area contributed by atoms with Crippen molar-refractivity contribution in [3.63, 3.8) is 0 Å². The van der Waals surface area contributed by atoms with Crippen molar-refractivity contribution in [1.82, 2.24) is 5.32 Å². The van der Waals surface area contributed by atoms with Gasteiger partial charge in [0.1, 0.15) is 5.60 Å². The molecule has 1 aromatic rings. The Labute approximate surface area is 141 Å². The van der Waals surface area contributed by atoms with Crippen molar-refractivity contribution >= 4 is 33.4 Å². The van der Waals surface area contributed by atoms with Crippen LogP contribution in [0.2, 0.25) is 0 Å². The van der Waals surface area contributed by atoms with Crippen LogP contribution in [0.1, 0.15) is 40.0 Å². The third-order valence-electron chi connectivity index (χ3n) is 2.87. The number of halogens is 1. The molecule has 4 N–H and O–H groups in total. The Kier molecular flexibility index (Phi) is 7.51. The maximum absolute atomic E-state index is 11.4. The molecule has 0 bridgehead atoms. The maximum Gasteiger partial charge on any atom is 0.407 e. The first-order valence-corrected chi connectivity index (χ1v) is 8.33. The van der Waals surface area contributed by atoms with Crippen LogP contribution in [0.5, 0.6) is 0 Å². The van der Waals surface area contributed by atoms with Gasteiger partial charge in [-0.15, -0.1) is 0 Å². The van der Waals surface area contributed by atoms with Gasteiger partial charge in [-0.25, -0.2) is 4.79 Å². The molecule has 0 heterocycles. The molecule has 0 spiro atoms. The quantitative estimate of drug-likeness (QED) is 0.497. The molecular weight excluding hydrogens is 346 g/mol. The van der Waals surface area contributed by atoms with Crippen molar-refractivity contribution < 1.29 is 9.53 Å². The lowest BCUT2D eigenvalue weighted by Gasteiger charge is -2.19. The second-order valence-corrected chi connectivity index (χ2v) is 6.97. The predicted molar refractivity (Wildman–Crippen MR) is 95.1 cm³/mol. The Morgan fingerprint density at radius 2 is 1.91 bits per heavy atom. The van der Waals surface area contributed by atoms with Gasteiger partial charge in [-0.3, -0.25) is 0 Å². The van der Waals surface area contributed by atoms with Crippen LogP contribution in [0.25, 0.3) is 0 Å². The van der Waals surface area contributed by atoms with E-state index in [1.807, 2.05) is 39.0 Å². The summed E-state index contributed by atoms with van der Waals surface area (Å²) in [5, 5.41) is 6.09. The van der Waals surface area contributed by atoms with Crippen LogP contribution < -0.4 is 16.4 Å². The number of para-hydroxylation sites is 1. The molecule has 0 aliphatic carbocycles. The summed E-state index contributed by atoms with van der Waals surface area (Å²) in [6.07, 6.45) is 2.60. The number of nitrogen functional groups attached to an aromatic ring is 1. The fraction of sp³-hybridized carbons (Fsp3) is 0.562. The minimum Gasteiger partial charge on any atom is -0.444 e. The summed E-state index contributed by atoms with van der Waals surface area (Å²) in [6.45, 7) is 7.04. The normalized spacial score (nSPS) is 11.1. The molecule has 6 heteroatoms. The molecule has 0 saturated heterocycles. The van der Waals surface area contributed by atoms with Gasteiger partial charge in [-0.05, 0) is 68.1 Å². The first-order chi connectivity index (χ1) is 10.3. The Hall–Kier alpha value is -1.43. The Morgan fingerprint density at radius 1 is 1.23 bits per heavy atom. The van der Waals surface area contributed by atoms with Gasteiger partial charge in [0.25, 0.3) is 0 Å². The molecule has 0 unspecified atom stereocenters. The van der Waals surface area contributed by atoms with Crippen molar-refractivity contribution in [2.45, 2.75) is 45.6 Å². The van der Waals surface area contributed by atoms with Crippen LogP contribution in [0.15, 0.2) is 22.7 Å². The molecule has 0 aliphatic heterocycles. The van der Waals surface area contributed by atoms with E-state index in [1.165, 1.54) is 0 Å². The van der Waals surface area contributed by atoms with E-state index >= 15 is 0 Å². The van der Waals surface area contributed by atoms with Crippen molar-refractivity contribution in [2.24, 2.45) is 0 Å². The zero-order valence-electron chi connectivity index (χ0n) is 13.5. The largest absolute Gasteiger partial charge is 0.444 e. The molecule has 1 rings (SSSR count). The first kappa shape index (κ1) is 18.6. The van der Waals surface area contributed by atoms with Crippen molar-refractivity contribution in [3.05, 3.63) is 22.7 Å². The number of ether oxygens (including phenoxy) is 1. The number of hydrogen-bond acceptors (Lipinski definition) is 4. The number of benzene rings is 1. The zero-order chi connectivity index (χ0) is 16.6. The lowest BCUT2D eigenvalue weighted by Crippen LogP contribution is -2.33. The third kappa shape index (κ3) is 7.54. The monoisotopic (exact) mass is 371 g/mol. The summed E-state index contributed by atoms with van der Waals surface area (Å²) in [4.78, 5) is 11.4. The second kappa shape index (κ2) is 8.88. The highest BCUT2D eigenvalue weighted by atomic mass is 79.9. The van der Waals surface area contributed by atoms with Gasteiger partial charge in [0.2, 0.25) is 0 Å². The lowest BCUT2D eigenvalue weighted by molar-refractivity contribution is 0.0527. The average Bonchev–Trinajstić information content (AvgIpc) is 2.38.